The Kier molecular flexibility index (Phi) is 4.29. The predicted octanol–water partition coefficient (Wildman–Crippen LogP) is 3.73. The summed E-state index contributed by atoms with van der Waals surface area (Å²) in [6, 6.07) is 10.3. The highest BCUT2D eigenvalue weighted by Gasteiger charge is 2.09. The molecule has 1 aromatic heterocycles. The maximum Gasteiger partial charge on any atom is 0.0954 e. The van der Waals surface area contributed by atoms with Crippen LogP contribution in [0.3, 0.4) is 0 Å². The molecule has 0 bridgehead atoms. The first-order valence-corrected chi connectivity index (χ1v) is 5.76. The lowest BCUT2D eigenvalue weighted by molar-refractivity contribution is 0.741. The van der Waals surface area contributed by atoms with Gasteiger partial charge in [0, 0.05) is 18.3 Å². The van der Waals surface area contributed by atoms with E-state index in [9.17, 15) is 0 Å². The minimum absolute atomic E-state index is 1.09. The van der Waals surface area contributed by atoms with Gasteiger partial charge in [-0.2, -0.15) is 5.10 Å². The van der Waals surface area contributed by atoms with Crippen molar-refractivity contribution in [2.45, 2.75) is 27.7 Å². The Morgan fingerprint density at radius 3 is 2.00 bits per heavy atom. The van der Waals surface area contributed by atoms with Crippen molar-refractivity contribution in [2.24, 2.45) is 7.05 Å². The second-order valence-electron chi connectivity index (χ2n) is 3.55. The van der Waals surface area contributed by atoms with E-state index in [1.54, 1.807) is 0 Å². The average Bonchev–Trinajstić information content (AvgIpc) is 2.61. The second-order valence-corrected chi connectivity index (χ2v) is 3.55. The molecular formula is C14H20N2. The van der Waals surface area contributed by atoms with Crippen molar-refractivity contribution in [3.63, 3.8) is 0 Å². The van der Waals surface area contributed by atoms with Crippen LogP contribution in [0.25, 0.3) is 11.3 Å². The minimum Gasteiger partial charge on any atom is -0.272 e. The molecule has 0 aliphatic carbocycles. The van der Waals surface area contributed by atoms with Crippen molar-refractivity contribution >= 4 is 0 Å². The van der Waals surface area contributed by atoms with Crippen LogP contribution in [0.15, 0.2) is 30.3 Å². The molecule has 0 saturated heterocycles. The monoisotopic (exact) mass is 216 g/mol. The molecule has 0 saturated carbocycles. The molecule has 0 N–H and O–H groups in total. The van der Waals surface area contributed by atoms with Crippen LogP contribution in [0.1, 0.15) is 25.1 Å². The lowest BCUT2D eigenvalue weighted by Crippen LogP contribution is -1.92. The average molecular weight is 216 g/mol. The fourth-order valence-corrected chi connectivity index (χ4v) is 1.58. The largest absolute Gasteiger partial charge is 0.272 e. The lowest BCUT2D eigenvalue weighted by Gasteiger charge is -1.96. The number of aromatic nitrogens is 2. The fraction of sp³-hybridized carbons (Fsp3) is 0.357. The van der Waals surface area contributed by atoms with Crippen LogP contribution in [0.2, 0.25) is 0 Å². The van der Waals surface area contributed by atoms with Crippen molar-refractivity contribution in [3.05, 3.63) is 41.6 Å². The summed E-state index contributed by atoms with van der Waals surface area (Å²) in [5.41, 5.74) is 4.77. The molecular weight excluding hydrogens is 196 g/mol. The highest BCUT2D eigenvalue weighted by Crippen LogP contribution is 2.23. The fourth-order valence-electron chi connectivity index (χ4n) is 1.58. The summed E-state index contributed by atoms with van der Waals surface area (Å²) in [5, 5.41) is 4.50. The highest BCUT2D eigenvalue weighted by atomic mass is 15.3. The van der Waals surface area contributed by atoms with Gasteiger partial charge in [-0.15, -0.1) is 0 Å². The smallest absolute Gasteiger partial charge is 0.0954 e. The number of hydrogen-bond acceptors (Lipinski definition) is 1. The van der Waals surface area contributed by atoms with Crippen LogP contribution in [-0.2, 0) is 7.05 Å². The van der Waals surface area contributed by atoms with Gasteiger partial charge in [0.1, 0.15) is 0 Å². The van der Waals surface area contributed by atoms with E-state index in [0.717, 1.165) is 5.69 Å². The summed E-state index contributed by atoms with van der Waals surface area (Å²) in [4.78, 5) is 0. The Morgan fingerprint density at radius 1 is 1.00 bits per heavy atom. The molecule has 2 nitrogen and oxygen atoms in total. The van der Waals surface area contributed by atoms with Gasteiger partial charge in [0.25, 0.3) is 0 Å². The molecule has 1 aromatic carbocycles. The lowest BCUT2D eigenvalue weighted by atomic mass is 10.1. The summed E-state index contributed by atoms with van der Waals surface area (Å²) >= 11 is 0. The topological polar surface area (TPSA) is 17.8 Å². The van der Waals surface area contributed by atoms with Crippen molar-refractivity contribution < 1.29 is 0 Å². The van der Waals surface area contributed by atoms with E-state index in [0.29, 0.717) is 0 Å². The molecule has 0 amide bonds. The van der Waals surface area contributed by atoms with Crippen molar-refractivity contribution in [2.75, 3.05) is 0 Å². The van der Waals surface area contributed by atoms with E-state index < -0.39 is 0 Å². The summed E-state index contributed by atoms with van der Waals surface area (Å²) in [7, 11) is 1.98. The second kappa shape index (κ2) is 5.50. The molecule has 0 spiro atoms. The molecule has 0 radical (unpaired) electrons. The normalized spacial score (nSPS) is 9.56. The van der Waals surface area contributed by atoms with Crippen LogP contribution >= 0.6 is 0 Å². The zero-order valence-corrected chi connectivity index (χ0v) is 10.8. The van der Waals surface area contributed by atoms with Crippen LogP contribution in [0, 0.1) is 13.8 Å². The molecule has 0 aliphatic heterocycles. The molecule has 0 aliphatic rings. The van der Waals surface area contributed by atoms with Gasteiger partial charge in [0.05, 0.1) is 5.69 Å². The number of rotatable bonds is 1. The maximum absolute atomic E-state index is 4.50. The molecule has 2 aromatic rings. The van der Waals surface area contributed by atoms with Gasteiger partial charge < -0.3 is 0 Å². The number of benzene rings is 1. The number of aryl methyl sites for hydroxylation is 1. The molecule has 16 heavy (non-hydrogen) atoms. The Morgan fingerprint density at radius 2 is 1.56 bits per heavy atom. The summed E-state index contributed by atoms with van der Waals surface area (Å²) in [5.74, 6) is 0. The van der Waals surface area contributed by atoms with Gasteiger partial charge in [-0.3, -0.25) is 4.68 Å². The molecule has 2 rings (SSSR count). The van der Waals surface area contributed by atoms with E-state index >= 15 is 0 Å². The Hall–Kier alpha value is -1.57. The summed E-state index contributed by atoms with van der Waals surface area (Å²) in [6.45, 7) is 8.21. The van der Waals surface area contributed by atoms with Crippen LogP contribution in [-0.4, -0.2) is 9.78 Å². The third kappa shape index (κ3) is 2.32. The van der Waals surface area contributed by atoms with E-state index in [-0.39, 0.29) is 0 Å². The Balaban J connectivity index is 0.000000606. The number of nitrogens with zero attached hydrogens (tertiary/aromatic N) is 2. The van der Waals surface area contributed by atoms with E-state index in [4.69, 9.17) is 0 Å². The minimum atomic E-state index is 1.09. The first kappa shape index (κ1) is 12.5. The van der Waals surface area contributed by atoms with Crippen LogP contribution < -0.4 is 0 Å². The first-order valence-electron chi connectivity index (χ1n) is 5.76. The zero-order chi connectivity index (χ0) is 12.1. The van der Waals surface area contributed by atoms with Crippen molar-refractivity contribution in [3.8, 4) is 11.3 Å². The molecule has 86 valence electrons. The van der Waals surface area contributed by atoms with Crippen molar-refractivity contribution in [1.82, 2.24) is 9.78 Å². The quantitative estimate of drug-likeness (QED) is 0.710. The van der Waals surface area contributed by atoms with E-state index in [2.05, 4.69) is 31.1 Å². The van der Waals surface area contributed by atoms with Gasteiger partial charge in [-0.05, 0) is 19.4 Å². The predicted molar refractivity (Wildman–Crippen MR) is 69.5 cm³/mol. The van der Waals surface area contributed by atoms with Crippen molar-refractivity contribution in [1.29, 1.82) is 0 Å². The van der Waals surface area contributed by atoms with Gasteiger partial charge in [-0.1, -0.05) is 44.2 Å². The third-order valence-electron chi connectivity index (χ3n) is 2.68. The van der Waals surface area contributed by atoms with E-state index in [1.807, 2.05) is 43.8 Å². The Labute approximate surface area is 97.9 Å². The van der Waals surface area contributed by atoms with Gasteiger partial charge in [0.2, 0.25) is 0 Å². The molecule has 0 fully saturated rings. The first-order chi connectivity index (χ1) is 7.70. The maximum atomic E-state index is 4.50. The van der Waals surface area contributed by atoms with Crippen LogP contribution in [0.5, 0.6) is 0 Å². The van der Waals surface area contributed by atoms with Gasteiger partial charge >= 0.3 is 0 Å². The summed E-state index contributed by atoms with van der Waals surface area (Å²) in [6.07, 6.45) is 0. The SMILES string of the molecule is CC.Cc1c(-c2ccccc2)nn(C)c1C. The molecule has 1 heterocycles. The van der Waals surface area contributed by atoms with E-state index in [1.165, 1.54) is 16.8 Å². The van der Waals surface area contributed by atoms with Crippen LogP contribution in [0.4, 0.5) is 0 Å². The number of hydrogen-bond donors (Lipinski definition) is 0. The Bertz CT molecular complexity index is 441. The molecule has 0 unspecified atom stereocenters. The van der Waals surface area contributed by atoms with Gasteiger partial charge in [0.15, 0.2) is 0 Å². The van der Waals surface area contributed by atoms with Gasteiger partial charge in [-0.25, -0.2) is 0 Å². The summed E-state index contributed by atoms with van der Waals surface area (Å²) < 4.78 is 1.93. The highest BCUT2D eigenvalue weighted by molar-refractivity contribution is 5.63. The zero-order valence-electron chi connectivity index (χ0n) is 10.8. The molecule has 0 atom stereocenters. The standard InChI is InChI=1S/C12H14N2.C2H6/c1-9-10(2)14(3)13-12(9)11-7-5-4-6-8-11;1-2/h4-8H,1-3H3;1-2H3. The third-order valence-corrected chi connectivity index (χ3v) is 2.68. The molecule has 2 heteroatoms.